The lowest BCUT2D eigenvalue weighted by molar-refractivity contribution is 0.359. The fourth-order valence-corrected chi connectivity index (χ4v) is 1.86. The summed E-state index contributed by atoms with van der Waals surface area (Å²) < 4.78 is 0. The van der Waals surface area contributed by atoms with Crippen LogP contribution in [0, 0.1) is 0 Å². The first-order chi connectivity index (χ1) is 7.25. The number of aromatic amines is 1. The van der Waals surface area contributed by atoms with Crippen molar-refractivity contribution in [2.45, 2.75) is 6.42 Å². The lowest BCUT2D eigenvalue weighted by Gasteiger charge is -2.32. The summed E-state index contributed by atoms with van der Waals surface area (Å²) in [5, 5.41) is 4.15. The zero-order chi connectivity index (χ0) is 10.4. The highest BCUT2D eigenvalue weighted by atomic mass is 15.6. The molecule has 2 aromatic heterocycles. The third kappa shape index (κ3) is 1.18. The fraction of sp³-hybridized carbons (Fsp3) is 0.444. The third-order valence-electron chi connectivity index (χ3n) is 2.59. The van der Waals surface area contributed by atoms with Crippen molar-refractivity contribution < 1.29 is 0 Å². The minimum Gasteiger partial charge on any atom is -0.340 e. The van der Waals surface area contributed by atoms with Gasteiger partial charge < -0.3 is 4.98 Å². The summed E-state index contributed by atoms with van der Waals surface area (Å²) in [4.78, 5) is 16.1. The molecule has 0 atom stereocenters. The van der Waals surface area contributed by atoms with Crippen molar-refractivity contribution in [2.75, 3.05) is 25.6 Å². The molecule has 0 radical (unpaired) electrons. The van der Waals surface area contributed by atoms with Crippen LogP contribution in [0.4, 0.5) is 5.82 Å². The molecule has 0 fully saturated rings. The maximum Gasteiger partial charge on any atom is 0.183 e. The van der Waals surface area contributed by atoms with Gasteiger partial charge in [0.25, 0.3) is 0 Å². The Hall–Kier alpha value is -1.69. The predicted octanol–water partition coefficient (Wildman–Crippen LogP) is 0.192. The molecule has 3 heterocycles. The van der Waals surface area contributed by atoms with Gasteiger partial charge >= 0.3 is 0 Å². The van der Waals surface area contributed by atoms with Crippen LogP contribution in [0.2, 0.25) is 0 Å². The van der Waals surface area contributed by atoms with Crippen LogP contribution >= 0.6 is 0 Å². The molecular formula is C9H12N6. The van der Waals surface area contributed by atoms with Gasteiger partial charge in [0.15, 0.2) is 11.5 Å². The van der Waals surface area contributed by atoms with Crippen molar-refractivity contribution in [2.24, 2.45) is 0 Å². The molecule has 1 aliphatic heterocycles. The van der Waals surface area contributed by atoms with Crippen LogP contribution in [-0.4, -0.2) is 45.6 Å². The van der Waals surface area contributed by atoms with Crippen molar-refractivity contribution in [1.29, 1.82) is 0 Å². The Labute approximate surface area is 86.9 Å². The maximum atomic E-state index is 4.48. The topological polar surface area (TPSA) is 60.9 Å². The molecule has 2 bridgehead atoms. The highest BCUT2D eigenvalue weighted by molar-refractivity contribution is 5.83. The molecule has 15 heavy (non-hydrogen) atoms. The summed E-state index contributed by atoms with van der Waals surface area (Å²) in [6.45, 7) is 0.920. The van der Waals surface area contributed by atoms with Crippen LogP contribution in [0.25, 0.3) is 11.2 Å². The van der Waals surface area contributed by atoms with Gasteiger partial charge in [0.2, 0.25) is 0 Å². The molecule has 1 N–H and O–H groups in total. The largest absolute Gasteiger partial charge is 0.340 e. The monoisotopic (exact) mass is 204 g/mol. The van der Waals surface area contributed by atoms with Crippen molar-refractivity contribution in [3.8, 4) is 0 Å². The van der Waals surface area contributed by atoms with E-state index in [2.05, 4.69) is 24.9 Å². The molecule has 0 saturated carbocycles. The minimum atomic E-state index is 0.751. The Balaban J connectivity index is 2.26. The number of fused-ring (bicyclic) bond motifs is 4. The number of hydrogen-bond donors (Lipinski definition) is 1. The summed E-state index contributed by atoms with van der Waals surface area (Å²) in [5.41, 5.74) is 1.66. The first kappa shape index (κ1) is 8.60. The van der Waals surface area contributed by atoms with E-state index in [0.29, 0.717) is 0 Å². The summed E-state index contributed by atoms with van der Waals surface area (Å²) in [7, 11) is 4.02. The Morgan fingerprint density at radius 1 is 1.40 bits per heavy atom. The van der Waals surface area contributed by atoms with Crippen LogP contribution in [-0.2, 0) is 6.42 Å². The second-order valence-electron chi connectivity index (χ2n) is 3.78. The number of imidazole rings is 1. The number of nitrogens with one attached hydrogen (secondary N) is 1. The predicted molar refractivity (Wildman–Crippen MR) is 56.4 cm³/mol. The molecule has 0 aliphatic carbocycles. The van der Waals surface area contributed by atoms with Crippen molar-refractivity contribution in [1.82, 2.24) is 24.9 Å². The number of H-pyrrole nitrogens is 1. The standard InChI is InChI=1S/C9H12N6/c1-14(2)15-4-3-6-12-8-7(9(15)13-6)10-5-11-8/h5H,3-4H2,1-2H3,(H,10,11,12,13). The van der Waals surface area contributed by atoms with Gasteiger partial charge in [-0.1, -0.05) is 0 Å². The average Bonchev–Trinajstić information content (AvgIpc) is 2.65. The van der Waals surface area contributed by atoms with Crippen LogP contribution in [0.15, 0.2) is 6.33 Å². The van der Waals surface area contributed by atoms with E-state index in [0.717, 1.165) is 35.8 Å². The van der Waals surface area contributed by atoms with Gasteiger partial charge in [0.05, 0.1) is 6.33 Å². The van der Waals surface area contributed by atoms with E-state index >= 15 is 0 Å². The third-order valence-corrected chi connectivity index (χ3v) is 2.59. The zero-order valence-electron chi connectivity index (χ0n) is 8.73. The van der Waals surface area contributed by atoms with Crippen LogP contribution in [0.3, 0.4) is 0 Å². The highest BCUT2D eigenvalue weighted by Crippen LogP contribution is 2.24. The average molecular weight is 204 g/mol. The summed E-state index contributed by atoms with van der Waals surface area (Å²) >= 11 is 0. The SMILES string of the molecule is CN(C)N1CCc2nc1c1[nH]cnc1n2. The van der Waals surface area contributed by atoms with Gasteiger partial charge in [-0.15, -0.1) is 0 Å². The minimum absolute atomic E-state index is 0.751. The molecule has 6 nitrogen and oxygen atoms in total. The second-order valence-corrected chi connectivity index (χ2v) is 3.78. The van der Waals surface area contributed by atoms with Gasteiger partial charge in [-0.3, -0.25) is 5.01 Å². The molecule has 0 spiro atoms. The highest BCUT2D eigenvalue weighted by Gasteiger charge is 2.22. The molecule has 2 aromatic rings. The smallest absolute Gasteiger partial charge is 0.183 e. The van der Waals surface area contributed by atoms with Crippen molar-refractivity contribution >= 4 is 17.0 Å². The maximum absolute atomic E-state index is 4.48. The lowest BCUT2D eigenvalue weighted by Crippen LogP contribution is -2.41. The molecule has 0 unspecified atom stereocenters. The number of anilines is 1. The van der Waals surface area contributed by atoms with Crippen molar-refractivity contribution in [3.63, 3.8) is 0 Å². The van der Waals surface area contributed by atoms with E-state index < -0.39 is 0 Å². The number of hydrogen-bond acceptors (Lipinski definition) is 5. The lowest BCUT2D eigenvalue weighted by atomic mass is 10.3. The number of nitrogens with zero attached hydrogens (tertiary/aromatic N) is 5. The van der Waals surface area contributed by atoms with E-state index in [4.69, 9.17) is 0 Å². The summed E-state index contributed by atoms with van der Waals surface area (Å²) in [5.74, 6) is 1.80. The molecule has 78 valence electrons. The molecular weight excluding hydrogens is 192 g/mol. The van der Waals surface area contributed by atoms with E-state index in [1.807, 2.05) is 19.1 Å². The quantitative estimate of drug-likeness (QED) is 0.718. The van der Waals surface area contributed by atoms with Gasteiger partial charge in [-0.2, -0.15) is 0 Å². The Morgan fingerprint density at radius 3 is 3.07 bits per heavy atom. The molecule has 0 amide bonds. The normalized spacial score (nSPS) is 15.3. The van der Waals surface area contributed by atoms with Crippen LogP contribution < -0.4 is 5.01 Å². The number of hydrazine groups is 1. The van der Waals surface area contributed by atoms with E-state index in [-0.39, 0.29) is 0 Å². The summed E-state index contributed by atoms with van der Waals surface area (Å²) in [6, 6.07) is 0. The first-order valence-electron chi connectivity index (χ1n) is 4.90. The van der Waals surface area contributed by atoms with Gasteiger partial charge in [-0.05, 0) is 0 Å². The van der Waals surface area contributed by atoms with Crippen LogP contribution in [0.1, 0.15) is 5.82 Å². The second kappa shape index (κ2) is 2.90. The Bertz CT molecular complexity index is 502. The van der Waals surface area contributed by atoms with E-state index in [1.54, 1.807) is 6.33 Å². The van der Waals surface area contributed by atoms with Crippen molar-refractivity contribution in [3.05, 3.63) is 12.2 Å². The fourth-order valence-electron chi connectivity index (χ4n) is 1.86. The van der Waals surface area contributed by atoms with Crippen LogP contribution in [0.5, 0.6) is 0 Å². The Morgan fingerprint density at radius 2 is 2.27 bits per heavy atom. The number of aromatic nitrogens is 4. The van der Waals surface area contributed by atoms with E-state index in [9.17, 15) is 0 Å². The van der Waals surface area contributed by atoms with E-state index in [1.165, 1.54) is 0 Å². The summed E-state index contributed by atoms with van der Waals surface area (Å²) in [6.07, 6.45) is 2.53. The number of rotatable bonds is 1. The molecule has 0 saturated heterocycles. The zero-order valence-corrected chi connectivity index (χ0v) is 8.73. The molecule has 0 aromatic carbocycles. The first-order valence-corrected chi connectivity index (χ1v) is 4.90. The molecule has 1 aliphatic rings. The molecule has 3 rings (SSSR count). The van der Waals surface area contributed by atoms with Gasteiger partial charge in [-0.25, -0.2) is 20.0 Å². The Kier molecular flexibility index (Phi) is 1.66. The molecule has 6 heteroatoms. The van der Waals surface area contributed by atoms with Gasteiger partial charge in [0, 0.05) is 27.1 Å². The van der Waals surface area contributed by atoms with Gasteiger partial charge in [0.1, 0.15) is 11.3 Å².